The molecule has 3 atom stereocenters. The van der Waals surface area contributed by atoms with E-state index < -0.39 is 29.5 Å². The first-order valence-electron chi connectivity index (χ1n) is 10.0. The largest absolute Gasteiger partial charge is 0.459 e. The molecule has 1 saturated heterocycles. The average Bonchev–Trinajstić information content (AvgIpc) is 2.97. The zero-order valence-electron chi connectivity index (χ0n) is 17.1. The zero-order chi connectivity index (χ0) is 21.6. The van der Waals surface area contributed by atoms with E-state index in [0.717, 1.165) is 16.0 Å². The minimum absolute atomic E-state index is 0.154. The van der Waals surface area contributed by atoms with E-state index >= 15 is 0 Å². The topological polar surface area (TPSA) is 93.9 Å². The summed E-state index contributed by atoms with van der Waals surface area (Å²) in [6, 6.07) is 3.93. The lowest BCUT2D eigenvalue weighted by atomic mass is 9.85. The van der Waals surface area contributed by atoms with Gasteiger partial charge < -0.3 is 9.15 Å². The van der Waals surface area contributed by atoms with Crippen molar-refractivity contribution in [1.82, 2.24) is 4.90 Å². The van der Waals surface area contributed by atoms with Gasteiger partial charge in [0.2, 0.25) is 11.8 Å². The molecule has 156 valence electrons. The van der Waals surface area contributed by atoms with Crippen LogP contribution in [0.1, 0.15) is 36.5 Å². The van der Waals surface area contributed by atoms with Crippen molar-refractivity contribution in [3.8, 4) is 0 Å². The number of esters is 1. The molecule has 1 aliphatic carbocycles. The van der Waals surface area contributed by atoms with Crippen LogP contribution in [0.4, 0.5) is 0 Å². The second-order valence-electron chi connectivity index (χ2n) is 8.01. The molecule has 0 N–H and O–H groups in total. The second kappa shape index (κ2) is 7.55. The quantitative estimate of drug-likeness (QED) is 0.334. The Morgan fingerprint density at radius 1 is 1.07 bits per heavy atom. The number of carbonyl (C=O) groups excluding carboxylic acids is 3. The molecule has 0 saturated carbocycles. The SMILES string of the molecule is Cc1cc2oc(=O)cc(COC(=O)[C@H](C)N3C(=O)[C@@H]4CC=CC[C@H]4C3=O)c2cc1C. The first kappa shape index (κ1) is 20.1. The van der Waals surface area contributed by atoms with Gasteiger partial charge in [0, 0.05) is 17.0 Å². The summed E-state index contributed by atoms with van der Waals surface area (Å²) in [5.74, 6) is -2.13. The number of allylic oxidation sites excluding steroid dienone is 2. The van der Waals surface area contributed by atoms with Crippen LogP contribution in [0.25, 0.3) is 11.0 Å². The summed E-state index contributed by atoms with van der Waals surface area (Å²) in [6.45, 7) is 5.20. The Morgan fingerprint density at radius 2 is 1.67 bits per heavy atom. The molecule has 7 nitrogen and oxygen atoms in total. The van der Waals surface area contributed by atoms with Crippen LogP contribution in [0.15, 0.2) is 39.6 Å². The molecule has 30 heavy (non-hydrogen) atoms. The smallest absolute Gasteiger partial charge is 0.336 e. The fourth-order valence-corrected chi connectivity index (χ4v) is 4.18. The highest BCUT2D eigenvalue weighted by atomic mass is 16.5. The number of aryl methyl sites for hydroxylation is 2. The zero-order valence-corrected chi connectivity index (χ0v) is 17.1. The number of imide groups is 1. The molecule has 2 aromatic rings. The maximum Gasteiger partial charge on any atom is 0.336 e. The van der Waals surface area contributed by atoms with E-state index in [0.29, 0.717) is 29.4 Å². The second-order valence-corrected chi connectivity index (χ2v) is 8.01. The van der Waals surface area contributed by atoms with E-state index in [1.165, 1.54) is 13.0 Å². The lowest BCUT2D eigenvalue weighted by molar-refractivity contribution is -0.159. The van der Waals surface area contributed by atoms with Gasteiger partial charge in [-0.05, 0) is 56.9 Å². The van der Waals surface area contributed by atoms with E-state index in [2.05, 4.69) is 0 Å². The number of benzene rings is 1. The lowest BCUT2D eigenvalue weighted by Crippen LogP contribution is -2.44. The molecule has 2 amide bonds. The van der Waals surface area contributed by atoms with Crippen molar-refractivity contribution in [2.45, 2.75) is 46.3 Å². The summed E-state index contributed by atoms with van der Waals surface area (Å²) in [4.78, 5) is 50.9. The predicted molar refractivity (Wildman–Crippen MR) is 108 cm³/mol. The summed E-state index contributed by atoms with van der Waals surface area (Å²) < 4.78 is 10.7. The van der Waals surface area contributed by atoms with Gasteiger partial charge in [-0.1, -0.05) is 12.2 Å². The Balaban J connectivity index is 1.53. The maximum absolute atomic E-state index is 12.7. The normalized spacial score (nSPS) is 21.8. The fraction of sp³-hybridized carbons (Fsp3) is 0.391. The highest BCUT2D eigenvalue weighted by Crippen LogP contribution is 2.36. The van der Waals surface area contributed by atoms with Crippen molar-refractivity contribution < 1.29 is 23.5 Å². The van der Waals surface area contributed by atoms with Crippen LogP contribution in [-0.4, -0.2) is 28.7 Å². The van der Waals surface area contributed by atoms with Crippen molar-refractivity contribution in [3.63, 3.8) is 0 Å². The molecule has 0 unspecified atom stereocenters. The van der Waals surface area contributed by atoms with E-state index in [1.807, 2.05) is 32.1 Å². The number of rotatable bonds is 4. The van der Waals surface area contributed by atoms with E-state index in [4.69, 9.17) is 9.15 Å². The van der Waals surface area contributed by atoms with Crippen LogP contribution < -0.4 is 5.63 Å². The summed E-state index contributed by atoms with van der Waals surface area (Å²) in [6.07, 6.45) is 4.82. The Labute approximate surface area is 173 Å². The first-order chi connectivity index (χ1) is 14.3. The highest BCUT2D eigenvalue weighted by molar-refractivity contribution is 6.08. The molecular formula is C23H23NO6. The van der Waals surface area contributed by atoms with Gasteiger partial charge in [0.05, 0.1) is 11.8 Å². The van der Waals surface area contributed by atoms with Crippen LogP contribution in [-0.2, 0) is 25.7 Å². The van der Waals surface area contributed by atoms with Crippen molar-refractivity contribution in [2.24, 2.45) is 11.8 Å². The minimum Gasteiger partial charge on any atom is -0.459 e. The lowest BCUT2D eigenvalue weighted by Gasteiger charge is -2.21. The number of likely N-dealkylation sites (tertiary alicyclic amines) is 1. The van der Waals surface area contributed by atoms with Crippen LogP contribution >= 0.6 is 0 Å². The standard InChI is InChI=1S/C23H23NO6/c1-12-8-18-15(10-20(25)30-19(18)9-13(12)2)11-29-23(28)14(3)24-21(26)16-6-4-5-7-17(16)22(24)27/h4-5,8-10,14,16-17H,6-7,11H2,1-3H3/t14-,16+,17+/m0/s1. The number of hydrogen-bond donors (Lipinski definition) is 0. The van der Waals surface area contributed by atoms with Crippen molar-refractivity contribution in [2.75, 3.05) is 0 Å². The molecular weight excluding hydrogens is 386 g/mol. The Kier molecular flexibility index (Phi) is 5.05. The van der Waals surface area contributed by atoms with Gasteiger partial charge in [0.1, 0.15) is 18.2 Å². The van der Waals surface area contributed by atoms with Crippen LogP contribution in [0.5, 0.6) is 0 Å². The van der Waals surface area contributed by atoms with Crippen molar-refractivity contribution in [1.29, 1.82) is 0 Å². The van der Waals surface area contributed by atoms with E-state index in [1.54, 1.807) is 6.07 Å². The molecule has 1 aromatic heterocycles. The molecule has 0 spiro atoms. The van der Waals surface area contributed by atoms with Gasteiger partial charge in [0.25, 0.3) is 0 Å². The number of carbonyl (C=O) groups is 3. The van der Waals surface area contributed by atoms with Gasteiger partial charge >= 0.3 is 11.6 Å². The van der Waals surface area contributed by atoms with Gasteiger partial charge in [-0.2, -0.15) is 0 Å². The van der Waals surface area contributed by atoms with Gasteiger partial charge in [0.15, 0.2) is 0 Å². The summed E-state index contributed by atoms with van der Waals surface area (Å²) in [7, 11) is 0. The van der Waals surface area contributed by atoms with Gasteiger partial charge in [-0.25, -0.2) is 9.59 Å². The number of fused-ring (bicyclic) bond motifs is 2. The van der Waals surface area contributed by atoms with Gasteiger partial charge in [-0.15, -0.1) is 0 Å². The molecule has 1 aliphatic heterocycles. The van der Waals surface area contributed by atoms with E-state index in [-0.39, 0.29) is 18.4 Å². The molecule has 2 aliphatic rings. The third kappa shape index (κ3) is 3.34. The van der Waals surface area contributed by atoms with Crippen molar-refractivity contribution >= 4 is 28.8 Å². The maximum atomic E-state index is 12.7. The minimum atomic E-state index is -1.02. The van der Waals surface area contributed by atoms with Crippen LogP contribution in [0, 0.1) is 25.7 Å². The van der Waals surface area contributed by atoms with Crippen LogP contribution in [0.3, 0.4) is 0 Å². The number of amides is 2. The summed E-state index contributed by atoms with van der Waals surface area (Å²) >= 11 is 0. The predicted octanol–water partition coefficient (Wildman–Crippen LogP) is 2.79. The summed E-state index contributed by atoms with van der Waals surface area (Å²) in [5.41, 5.74) is 2.40. The molecule has 2 heterocycles. The monoisotopic (exact) mass is 409 g/mol. The van der Waals surface area contributed by atoms with Crippen molar-refractivity contribution in [3.05, 3.63) is 57.5 Å². The Morgan fingerprint density at radius 3 is 2.30 bits per heavy atom. The molecule has 0 radical (unpaired) electrons. The molecule has 4 rings (SSSR count). The number of ether oxygens (including phenoxy) is 1. The Hall–Kier alpha value is -3.22. The van der Waals surface area contributed by atoms with Gasteiger partial charge in [-0.3, -0.25) is 14.5 Å². The fourth-order valence-electron chi connectivity index (χ4n) is 4.18. The third-order valence-electron chi connectivity index (χ3n) is 6.08. The molecule has 0 bridgehead atoms. The molecule has 1 fully saturated rings. The van der Waals surface area contributed by atoms with Crippen LogP contribution in [0.2, 0.25) is 0 Å². The third-order valence-corrected chi connectivity index (χ3v) is 6.08. The average molecular weight is 409 g/mol. The number of nitrogens with zero attached hydrogens (tertiary/aromatic N) is 1. The van der Waals surface area contributed by atoms with E-state index in [9.17, 15) is 19.2 Å². The molecule has 1 aromatic carbocycles. The Bertz CT molecular complexity index is 1120. The highest BCUT2D eigenvalue weighted by Gasteiger charge is 2.50. The number of hydrogen-bond acceptors (Lipinski definition) is 6. The summed E-state index contributed by atoms with van der Waals surface area (Å²) in [5, 5.41) is 0.684. The first-order valence-corrected chi connectivity index (χ1v) is 10.0. The molecule has 7 heteroatoms.